The lowest BCUT2D eigenvalue weighted by Gasteiger charge is -2.35. The van der Waals surface area contributed by atoms with Crippen molar-refractivity contribution in [3.8, 4) is 0 Å². The van der Waals surface area contributed by atoms with E-state index in [1.165, 1.54) is 6.92 Å². The highest BCUT2D eigenvalue weighted by Gasteiger charge is 2.24. The zero-order valence-electron chi connectivity index (χ0n) is 16.6. The molecular formula is C22H22N4O3S. The maximum Gasteiger partial charge on any atom is 0.289 e. The van der Waals surface area contributed by atoms with Crippen molar-refractivity contribution in [2.75, 3.05) is 36.4 Å². The molecule has 0 unspecified atom stereocenters. The van der Waals surface area contributed by atoms with Crippen molar-refractivity contribution < 1.29 is 14.0 Å². The number of benzene rings is 2. The van der Waals surface area contributed by atoms with Gasteiger partial charge in [-0.15, -0.1) is 0 Å². The Hall–Kier alpha value is -3.39. The molecule has 1 aliphatic rings. The summed E-state index contributed by atoms with van der Waals surface area (Å²) in [6.45, 7) is 4.15. The Kier molecular flexibility index (Phi) is 5.67. The Morgan fingerprint density at radius 1 is 1.00 bits per heavy atom. The van der Waals surface area contributed by atoms with Crippen molar-refractivity contribution in [2.24, 2.45) is 0 Å². The number of nitrogens with one attached hydrogen (secondary N) is 2. The van der Waals surface area contributed by atoms with Gasteiger partial charge in [0.15, 0.2) is 10.9 Å². The molecule has 154 valence electrons. The highest BCUT2D eigenvalue weighted by Crippen LogP contribution is 2.23. The highest BCUT2D eigenvalue weighted by atomic mass is 32.1. The number of carbonyl (C=O) groups excluding carboxylic acids is 2. The summed E-state index contributed by atoms with van der Waals surface area (Å²) in [5.41, 5.74) is 2.60. The number of hydrogen-bond donors (Lipinski definition) is 2. The largest absolute Gasteiger partial charge is 0.451 e. The van der Waals surface area contributed by atoms with Gasteiger partial charge in [-0.05, 0) is 48.6 Å². The Labute approximate surface area is 179 Å². The molecule has 0 spiro atoms. The number of furan rings is 1. The lowest BCUT2D eigenvalue weighted by molar-refractivity contribution is -0.117. The maximum atomic E-state index is 12.8. The lowest BCUT2D eigenvalue weighted by Crippen LogP contribution is -2.48. The number of carbonyl (C=O) groups is 2. The van der Waals surface area contributed by atoms with Gasteiger partial charge in [-0.25, -0.2) is 0 Å². The zero-order chi connectivity index (χ0) is 21.1. The second kappa shape index (κ2) is 8.54. The predicted octanol–water partition coefficient (Wildman–Crippen LogP) is 3.23. The normalized spacial score (nSPS) is 13.9. The average Bonchev–Trinajstić information content (AvgIpc) is 3.17. The van der Waals surface area contributed by atoms with E-state index >= 15 is 0 Å². The Morgan fingerprint density at radius 2 is 1.70 bits per heavy atom. The fourth-order valence-corrected chi connectivity index (χ4v) is 3.75. The molecule has 8 heteroatoms. The number of piperazine rings is 1. The van der Waals surface area contributed by atoms with Gasteiger partial charge in [0, 0.05) is 49.9 Å². The van der Waals surface area contributed by atoms with Crippen LogP contribution in [0.5, 0.6) is 0 Å². The molecule has 2 N–H and O–H groups in total. The molecule has 7 nitrogen and oxygen atoms in total. The van der Waals surface area contributed by atoms with Gasteiger partial charge in [0.25, 0.3) is 5.91 Å². The average molecular weight is 423 g/mol. The topological polar surface area (TPSA) is 77.8 Å². The van der Waals surface area contributed by atoms with Gasteiger partial charge in [-0.2, -0.15) is 0 Å². The van der Waals surface area contributed by atoms with Crippen LogP contribution in [0, 0.1) is 0 Å². The molecule has 1 fully saturated rings. The third-order valence-corrected chi connectivity index (χ3v) is 5.19. The number of amides is 2. The third kappa shape index (κ3) is 4.44. The van der Waals surface area contributed by atoms with Crippen LogP contribution in [0.3, 0.4) is 0 Å². The van der Waals surface area contributed by atoms with Crippen molar-refractivity contribution in [3.05, 3.63) is 60.4 Å². The molecule has 0 aliphatic carbocycles. The first-order valence-electron chi connectivity index (χ1n) is 9.71. The molecule has 1 aromatic heterocycles. The van der Waals surface area contributed by atoms with Crippen LogP contribution in [0.1, 0.15) is 17.5 Å². The van der Waals surface area contributed by atoms with E-state index in [9.17, 15) is 9.59 Å². The molecule has 2 heterocycles. The van der Waals surface area contributed by atoms with Crippen molar-refractivity contribution in [3.63, 3.8) is 0 Å². The number of anilines is 2. The Balaban J connectivity index is 1.34. The van der Waals surface area contributed by atoms with E-state index in [0.717, 1.165) is 35.4 Å². The second-order valence-corrected chi connectivity index (χ2v) is 7.52. The second-order valence-electron chi connectivity index (χ2n) is 7.11. The van der Waals surface area contributed by atoms with E-state index < -0.39 is 0 Å². The van der Waals surface area contributed by atoms with Gasteiger partial charge < -0.3 is 24.9 Å². The predicted molar refractivity (Wildman–Crippen MR) is 121 cm³/mol. The van der Waals surface area contributed by atoms with Crippen LogP contribution in [0.15, 0.2) is 59.0 Å². The van der Waals surface area contributed by atoms with Crippen LogP contribution in [0.4, 0.5) is 11.4 Å². The minimum absolute atomic E-state index is 0.0723. The lowest BCUT2D eigenvalue weighted by atomic mass is 10.2. The molecule has 0 atom stereocenters. The van der Waals surface area contributed by atoms with Crippen LogP contribution < -0.4 is 15.5 Å². The van der Waals surface area contributed by atoms with Gasteiger partial charge in [0.05, 0.1) is 0 Å². The Bertz CT molecular complexity index is 1050. The fraction of sp³-hybridized carbons (Fsp3) is 0.227. The smallest absolute Gasteiger partial charge is 0.289 e. The van der Waals surface area contributed by atoms with E-state index in [2.05, 4.69) is 15.5 Å². The minimum atomic E-state index is -0.209. The van der Waals surface area contributed by atoms with Crippen molar-refractivity contribution in [2.45, 2.75) is 6.92 Å². The number of para-hydroxylation sites is 1. The summed E-state index contributed by atoms with van der Waals surface area (Å²) in [5, 5.41) is 6.71. The molecule has 1 saturated heterocycles. The van der Waals surface area contributed by atoms with E-state index in [1.807, 2.05) is 53.4 Å². The molecular weight excluding hydrogens is 400 g/mol. The number of thiocarbonyl (C=S) groups is 1. The zero-order valence-corrected chi connectivity index (χ0v) is 17.4. The summed E-state index contributed by atoms with van der Waals surface area (Å²) < 4.78 is 5.71. The number of rotatable bonds is 3. The van der Waals surface area contributed by atoms with E-state index in [0.29, 0.717) is 18.8 Å². The summed E-state index contributed by atoms with van der Waals surface area (Å²) in [6, 6.07) is 17.3. The van der Waals surface area contributed by atoms with Crippen molar-refractivity contribution in [1.82, 2.24) is 10.2 Å². The van der Waals surface area contributed by atoms with Crippen LogP contribution in [0.25, 0.3) is 11.0 Å². The number of fused-ring (bicyclic) bond motifs is 1. The molecule has 0 bridgehead atoms. The van der Waals surface area contributed by atoms with E-state index in [4.69, 9.17) is 16.6 Å². The van der Waals surface area contributed by atoms with E-state index in [-0.39, 0.29) is 16.9 Å². The molecule has 3 aromatic rings. The van der Waals surface area contributed by atoms with E-state index in [1.54, 1.807) is 6.07 Å². The first-order valence-corrected chi connectivity index (χ1v) is 10.1. The van der Waals surface area contributed by atoms with Gasteiger partial charge in [-0.3, -0.25) is 9.59 Å². The quantitative estimate of drug-likeness (QED) is 0.631. The van der Waals surface area contributed by atoms with Crippen LogP contribution in [-0.2, 0) is 4.79 Å². The molecule has 4 rings (SSSR count). The molecule has 0 saturated carbocycles. The van der Waals surface area contributed by atoms with Gasteiger partial charge >= 0.3 is 0 Å². The molecule has 30 heavy (non-hydrogen) atoms. The summed E-state index contributed by atoms with van der Waals surface area (Å²) in [5.74, 6) is 0.103. The first-order chi connectivity index (χ1) is 14.5. The van der Waals surface area contributed by atoms with Gasteiger partial charge in [0.1, 0.15) is 5.58 Å². The third-order valence-electron chi connectivity index (χ3n) is 4.98. The standard InChI is InChI=1S/C22H22N4O3S/c1-15(27)23-22(30)24-17-6-8-18(9-7-17)25-10-12-26(13-11-25)21(28)20-14-16-4-2-3-5-19(16)29-20/h2-9,14H,10-13H2,1H3,(H2,23,24,27,30). The van der Waals surface area contributed by atoms with Crippen LogP contribution >= 0.6 is 12.2 Å². The molecule has 1 aliphatic heterocycles. The van der Waals surface area contributed by atoms with Gasteiger partial charge in [-0.1, -0.05) is 18.2 Å². The highest BCUT2D eigenvalue weighted by molar-refractivity contribution is 7.80. The fourth-order valence-electron chi connectivity index (χ4n) is 3.49. The van der Waals surface area contributed by atoms with Crippen LogP contribution in [0.2, 0.25) is 0 Å². The minimum Gasteiger partial charge on any atom is -0.451 e. The maximum absolute atomic E-state index is 12.8. The van der Waals surface area contributed by atoms with Crippen LogP contribution in [-0.4, -0.2) is 48.0 Å². The summed E-state index contributed by atoms with van der Waals surface area (Å²) in [7, 11) is 0. The van der Waals surface area contributed by atoms with Crippen molar-refractivity contribution in [1.29, 1.82) is 0 Å². The summed E-state index contributed by atoms with van der Waals surface area (Å²) in [4.78, 5) is 27.9. The molecule has 2 aromatic carbocycles. The molecule has 2 amide bonds. The summed E-state index contributed by atoms with van der Waals surface area (Å²) in [6.07, 6.45) is 0. The SMILES string of the molecule is CC(=O)NC(=S)Nc1ccc(N2CCN(C(=O)c3cc4ccccc4o3)CC2)cc1. The van der Waals surface area contributed by atoms with Gasteiger partial charge in [0.2, 0.25) is 5.91 Å². The monoisotopic (exact) mass is 422 g/mol. The Morgan fingerprint density at radius 3 is 2.37 bits per heavy atom. The first kappa shape index (κ1) is 19.9. The van der Waals surface area contributed by atoms with Crippen molar-refractivity contribution >= 4 is 51.5 Å². The number of hydrogen-bond acceptors (Lipinski definition) is 5. The number of nitrogens with zero attached hydrogens (tertiary/aromatic N) is 2. The summed E-state index contributed by atoms with van der Waals surface area (Å²) >= 11 is 5.07. The molecule has 0 radical (unpaired) electrons.